The van der Waals surface area contributed by atoms with Crippen LogP contribution in [0.5, 0.6) is 0 Å². The topological polar surface area (TPSA) is 149 Å². The quantitative estimate of drug-likeness (QED) is 0.133. The number of hydrogen-bond donors (Lipinski definition) is 3. The number of nitrogens with one attached hydrogen (secondary N) is 2. The van der Waals surface area contributed by atoms with Crippen molar-refractivity contribution in [2.24, 2.45) is 5.92 Å². The van der Waals surface area contributed by atoms with E-state index in [1.807, 2.05) is 27.7 Å². The van der Waals surface area contributed by atoms with E-state index < -0.39 is 11.2 Å². The molecular weight excluding hydrogens is 516 g/mol. The number of thioether (sulfide) groups is 1. The predicted molar refractivity (Wildman–Crippen MR) is 146 cm³/mol. The second-order valence-corrected chi connectivity index (χ2v) is 10.7. The van der Waals surface area contributed by atoms with E-state index in [0.717, 1.165) is 12.8 Å². The smallest absolute Gasteiger partial charge is 0.305 e. The van der Waals surface area contributed by atoms with Crippen LogP contribution in [-0.4, -0.2) is 105 Å². The molecule has 0 aliphatic carbocycles. The Balaban J connectivity index is 3.64. The summed E-state index contributed by atoms with van der Waals surface area (Å²) in [5.74, 6) is -1.37. The van der Waals surface area contributed by atoms with E-state index in [1.54, 1.807) is 0 Å². The molecule has 11 nitrogen and oxygen atoms in total. The maximum absolute atomic E-state index is 12.4. The van der Waals surface area contributed by atoms with Crippen molar-refractivity contribution in [2.45, 2.75) is 70.3 Å². The largest absolute Gasteiger partial charge is 0.481 e. The van der Waals surface area contributed by atoms with Crippen molar-refractivity contribution in [1.82, 2.24) is 10.6 Å². The number of carboxylic acids is 1. The lowest BCUT2D eigenvalue weighted by molar-refractivity contribution is -0.138. The van der Waals surface area contributed by atoms with Gasteiger partial charge in [0, 0.05) is 37.1 Å². The third-order valence-corrected chi connectivity index (χ3v) is 6.63. The molecule has 12 heteroatoms. The summed E-state index contributed by atoms with van der Waals surface area (Å²) in [4.78, 5) is 46.8. The number of ketones is 1. The standard InChI is InChI=1S/C26H48N2O9S/c1-5-6-21(4)38-23(19-25(31)32)26(33)28-9-7-24(30)27-10-12-35-14-16-37-18-17-36-15-13-34-11-8-22(29)20(2)3/h20-21,23H,5-19H2,1-4H3,(H,27,30)(H,28,33)(H,31,32). The van der Waals surface area contributed by atoms with Crippen molar-refractivity contribution >= 4 is 35.3 Å². The molecule has 2 unspecified atom stereocenters. The van der Waals surface area contributed by atoms with Crippen LogP contribution in [0.1, 0.15) is 59.8 Å². The lowest BCUT2D eigenvalue weighted by Gasteiger charge is -2.18. The van der Waals surface area contributed by atoms with Crippen LogP contribution in [-0.2, 0) is 38.1 Å². The highest BCUT2D eigenvalue weighted by Crippen LogP contribution is 2.24. The van der Waals surface area contributed by atoms with Crippen molar-refractivity contribution in [3.8, 4) is 0 Å². The van der Waals surface area contributed by atoms with Gasteiger partial charge < -0.3 is 34.7 Å². The number of amides is 2. The monoisotopic (exact) mass is 564 g/mol. The summed E-state index contributed by atoms with van der Waals surface area (Å²) in [6.45, 7) is 11.5. The van der Waals surface area contributed by atoms with Gasteiger partial charge in [0.2, 0.25) is 11.8 Å². The first-order valence-electron chi connectivity index (χ1n) is 13.4. The summed E-state index contributed by atoms with van der Waals surface area (Å²) in [6.07, 6.45) is 2.15. The van der Waals surface area contributed by atoms with Gasteiger partial charge in [-0.1, -0.05) is 34.1 Å². The van der Waals surface area contributed by atoms with Gasteiger partial charge in [0.25, 0.3) is 0 Å². The lowest BCUT2D eigenvalue weighted by atomic mass is 10.1. The van der Waals surface area contributed by atoms with Crippen LogP contribution in [0.3, 0.4) is 0 Å². The first kappa shape index (κ1) is 36.3. The predicted octanol–water partition coefficient (Wildman–Crippen LogP) is 2.06. The van der Waals surface area contributed by atoms with Crippen molar-refractivity contribution < 1.29 is 43.2 Å². The third-order valence-electron chi connectivity index (χ3n) is 5.22. The molecule has 0 heterocycles. The average molecular weight is 565 g/mol. The molecule has 38 heavy (non-hydrogen) atoms. The van der Waals surface area contributed by atoms with Gasteiger partial charge >= 0.3 is 5.97 Å². The van der Waals surface area contributed by atoms with Crippen LogP contribution in [0.4, 0.5) is 0 Å². The van der Waals surface area contributed by atoms with E-state index in [9.17, 15) is 19.2 Å². The Morgan fingerprint density at radius 3 is 1.84 bits per heavy atom. The number of carbonyl (C=O) groups is 4. The summed E-state index contributed by atoms with van der Waals surface area (Å²) < 4.78 is 21.5. The summed E-state index contributed by atoms with van der Waals surface area (Å²) >= 11 is 1.36. The molecule has 2 amide bonds. The minimum absolute atomic E-state index is 0.0384. The highest BCUT2D eigenvalue weighted by molar-refractivity contribution is 8.01. The van der Waals surface area contributed by atoms with E-state index >= 15 is 0 Å². The third kappa shape index (κ3) is 22.3. The van der Waals surface area contributed by atoms with Crippen LogP contribution < -0.4 is 10.6 Å². The number of rotatable bonds is 26. The molecule has 0 rings (SSSR count). The Hall–Kier alpha value is -1.73. The molecule has 2 atom stereocenters. The van der Waals surface area contributed by atoms with Crippen LogP contribution in [0, 0.1) is 5.92 Å². The van der Waals surface area contributed by atoms with Gasteiger partial charge in [-0.2, -0.15) is 0 Å². The molecule has 0 radical (unpaired) electrons. The van der Waals surface area contributed by atoms with Crippen LogP contribution in [0.15, 0.2) is 0 Å². The van der Waals surface area contributed by atoms with Crippen LogP contribution >= 0.6 is 11.8 Å². The van der Waals surface area contributed by atoms with Gasteiger partial charge in [0.1, 0.15) is 5.78 Å². The fourth-order valence-electron chi connectivity index (χ4n) is 3.10. The van der Waals surface area contributed by atoms with Crippen molar-refractivity contribution in [2.75, 3.05) is 65.9 Å². The lowest BCUT2D eigenvalue weighted by Crippen LogP contribution is -2.38. The van der Waals surface area contributed by atoms with E-state index in [0.29, 0.717) is 65.8 Å². The Bertz CT molecular complexity index is 665. The molecule has 0 saturated heterocycles. The zero-order valence-corrected chi connectivity index (χ0v) is 24.3. The maximum Gasteiger partial charge on any atom is 0.305 e. The summed E-state index contributed by atoms with van der Waals surface area (Å²) in [6, 6.07) is 0. The van der Waals surface area contributed by atoms with Crippen molar-refractivity contribution in [1.29, 1.82) is 0 Å². The zero-order valence-electron chi connectivity index (χ0n) is 23.5. The zero-order chi connectivity index (χ0) is 28.6. The van der Waals surface area contributed by atoms with Gasteiger partial charge in [-0.15, -0.1) is 11.8 Å². The van der Waals surface area contributed by atoms with Gasteiger partial charge in [0.15, 0.2) is 0 Å². The van der Waals surface area contributed by atoms with Crippen molar-refractivity contribution in [3.05, 3.63) is 0 Å². The molecule has 0 aromatic rings. The van der Waals surface area contributed by atoms with Gasteiger partial charge in [-0.3, -0.25) is 19.2 Å². The van der Waals surface area contributed by atoms with Crippen LogP contribution in [0.25, 0.3) is 0 Å². The van der Waals surface area contributed by atoms with E-state index in [-0.39, 0.29) is 48.2 Å². The highest BCUT2D eigenvalue weighted by Gasteiger charge is 2.24. The normalized spacial score (nSPS) is 12.8. The number of carbonyl (C=O) groups excluding carboxylic acids is 3. The first-order valence-corrected chi connectivity index (χ1v) is 14.4. The number of hydrogen-bond acceptors (Lipinski definition) is 9. The number of ether oxygens (including phenoxy) is 4. The Kier molecular flexibility index (Phi) is 23.2. The summed E-state index contributed by atoms with van der Waals surface area (Å²) in [7, 11) is 0. The number of carboxylic acid groups (broad SMARTS) is 1. The molecule has 0 aliphatic rings. The number of aliphatic carboxylic acids is 1. The SMILES string of the molecule is CCCC(C)SC(CC(=O)O)C(=O)NCCC(=O)NCCOCCOCCOCCOCCC(=O)C(C)C. The average Bonchev–Trinajstić information content (AvgIpc) is 2.85. The molecule has 0 spiro atoms. The molecule has 0 aromatic heterocycles. The van der Waals surface area contributed by atoms with Gasteiger partial charge in [-0.25, -0.2) is 0 Å². The van der Waals surface area contributed by atoms with Gasteiger partial charge in [-0.05, 0) is 6.42 Å². The molecule has 0 bridgehead atoms. The Morgan fingerprint density at radius 1 is 0.763 bits per heavy atom. The second kappa shape index (κ2) is 24.3. The van der Waals surface area contributed by atoms with Gasteiger partial charge in [0.05, 0.1) is 64.5 Å². The van der Waals surface area contributed by atoms with E-state index in [1.165, 1.54) is 11.8 Å². The Morgan fingerprint density at radius 2 is 1.32 bits per heavy atom. The fourth-order valence-corrected chi connectivity index (χ4v) is 4.48. The molecule has 0 aromatic carbocycles. The van der Waals surface area contributed by atoms with E-state index in [2.05, 4.69) is 10.6 Å². The molecular formula is C26H48N2O9S. The highest BCUT2D eigenvalue weighted by atomic mass is 32.2. The molecule has 222 valence electrons. The summed E-state index contributed by atoms with van der Waals surface area (Å²) in [5, 5.41) is 14.0. The maximum atomic E-state index is 12.4. The number of Topliss-reactive ketones (excluding diaryl/α,β-unsaturated/α-hetero) is 1. The molecule has 0 fully saturated rings. The minimum atomic E-state index is -1.02. The molecule has 0 saturated carbocycles. The molecule has 3 N–H and O–H groups in total. The minimum Gasteiger partial charge on any atom is -0.481 e. The molecule has 0 aliphatic heterocycles. The summed E-state index contributed by atoms with van der Waals surface area (Å²) in [5.41, 5.74) is 0. The first-order chi connectivity index (χ1) is 18.2. The van der Waals surface area contributed by atoms with Crippen LogP contribution in [0.2, 0.25) is 0 Å². The van der Waals surface area contributed by atoms with Crippen molar-refractivity contribution in [3.63, 3.8) is 0 Å². The fraction of sp³-hybridized carbons (Fsp3) is 0.846. The van der Waals surface area contributed by atoms with E-state index in [4.69, 9.17) is 24.1 Å². The Labute approximate surface area is 231 Å². The second-order valence-electron chi connectivity index (χ2n) is 9.03.